The van der Waals surface area contributed by atoms with Crippen LogP contribution in [0.3, 0.4) is 0 Å². The lowest BCUT2D eigenvalue weighted by Crippen LogP contribution is -1.97. The number of benzene rings is 2. The third-order valence-corrected chi connectivity index (χ3v) is 5.82. The van der Waals surface area contributed by atoms with E-state index in [1.54, 1.807) is 23.5 Å². The van der Waals surface area contributed by atoms with E-state index in [0.29, 0.717) is 0 Å². The Bertz CT molecular complexity index is 510. The molecule has 0 saturated carbocycles. The standard InChI is InChI=1S/C16H14S4/c17-15(13-7-3-1-4-8-13)19-11-12-20-16(18)14-9-5-2-6-10-14/h1-10H,11-12H2. The monoisotopic (exact) mass is 334 g/mol. The van der Waals surface area contributed by atoms with E-state index >= 15 is 0 Å². The van der Waals surface area contributed by atoms with Crippen LogP contribution in [0.15, 0.2) is 60.7 Å². The molecule has 0 bridgehead atoms. The third kappa shape index (κ3) is 5.02. The molecule has 2 aromatic carbocycles. The van der Waals surface area contributed by atoms with Gasteiger partial charge in [-0.25, -0.2) is 0 Å². The Morgan fingerprint density at radius 1 is 0.650 bits per heavy atom. The summed E-state index contributed by atoms with van der Waals surface area (Å²) in [5, 5.41) is 0. The van der Waals surface area contributed by atoms with Gasteiger partial charge in [0.15, 0.2) is 0 Å². The molecule has 0 amide bonds. The van der Waals surface area contributed by atoms with Gasteiger partial charge in [-0.05, 0) is 11.1 Å². The maximum absolute atomic E-state index is 5.41. The van der Waals surface area contributed by atoms with Crippen molar-refractivity contribution >= 4 is 56.4 Å². The van der Waals surface area contributed by atoms with E-state index in [-0.39, 0.29) is 0 Å². The van der Waals surface area contributed by atoms with Gasteiger partial charge in [-0.2, -0.15) is 0 Å². The lowest BCUT2D eigenvalue weighted by atomic mass is 10.2. The molecular weight excluding hydrogens is 320 g/mol. The maximum Gasteiger partial charge on any atom is 0.0778 e. The molecule has 0 N–H and O–H groups in total. The molecule has 0 nitrogen and oxygen atoms in total. The molecule has 0 unspecified atom stereocenters. The summed E-state index contributed by atoms with van der Waals surface area (Å²) in [4.78, 5) is 0. The predicted octanol–water partition coefficient (Wildman–Crippen LogP) is 5.20. The van der Waals surface area contributed by atoms with Crippen molar-refractivity contribution in [3.05, 3.63) is 71.8 Å². The molecule has 4 heteroatoms. The summed E-state index contributed by atoms with van der Waals surface area (Å²) < 4.78 is 1.91. The van der Waals surface area contributed by atoms with Crippen molar-refractivity contribution in [1.29, 1.82) is 0 Å². The minimum absolute atomic E-state index is 0.955. The SMILES string of the molecule is S=C(SCCSC(=S)c1ccccc1)c1ccccc1. The van der Waals surface area contributed by atoms with Crippen LogP contribution in [-0.2, 0) is 0 Å². The number of thioether (sulfide) groups is 2. The molecule has 0 radical (unpaired) electrons. The van der Waals surface area contributed by atoms with Crippen molar-refractivity contribution in [2.45, 2.75) is 0 Å². The van der Waals surface area contributed by atoms with E-state index in [0.717, 1.165) is 31.0 Å². The van der Waals surface area contributed by atoms with E-state index in [2.05, 4.69) is 24.3 Å². The Hall–Kier alpha value is -0.680. The molecular formula is C16H14S4. The van der Waals surface area contributed by atoms with Gasteiger partial charge in [0.05, 0.1) is 8.39 Å². The van der Waals surface area contributed by atoms with Gasteiger partial charge >= 0.3 is 0 Å². The summed E-state index contributed by atoms with van der Waals surface area (Å²) in [5.74, 6) is 1.96. The highest BCUT2D eigenvalue weighted by Crippen LogP contribution is 2.18. The first-order valence-corrected chi connectivity index (χ1v) is 9.00. The predicted molar refractivity (Wildman–Crippen MR) is 101 cm³/mol. The highest BCUT2D eigenvalue weighted by molar-refractivity contribution is 8.26. The zero-order valence-corrected chi connectivity index (χ0v) is 14.1. The summed E-state index contributed by atoms with van der Waals surface area (Å²) in [6, 6.07) is 20.3. The quantitative estimate of drug-likeness (QED) is 0.544. The average Bonchev–Trinajstić information content (AvgIpc) is 2.53. The lowest BCUT2D eigenvalue weighted by Gasteiger charge is -2.05. The average molecular weight is 335 g/mol. The molecule has 0 fully saturated rings. The zero-order valence-electron chi connectivity index (χ0n) is 10.8. The molecule has 0 saturated heterocycles. The van der Waals surface area contributed by atoms with E-state index in [1.165, 1.54) is 0 Å². The van der Waals surface area contributed by atoms with Crippen molar-refractivity contribution in [3.8, 4) is 0 Å². The molecule has 2 aromatic rings. The second kappa shape index (κ2) is 8.57. The van der Waals surface area contributed by atoms with Gasteiger partial charge in [0.25, 0.3) is 0 Å². The number of thiocarbonyl (C=S) groups is 2. The maximum atomic E-state index is 5.41. The highest BCUT2D eigenvalue weighted by atomic mass is 32.2. The lowest BCUT2D eigenvalue weighted by molar-refractivity contribution is 1.57. The Kier molecular flexibility index (Phi) is 6.73. The third-order valence-electron chi connectivity index (χ3n) is 2.57. The van der Waals surface area contributed by atoms with Gasteiger partial charge in [0.2, 0.25) is 0 Å². The van der Waals surface area contributed by atoms with Crippen LogP contribution in [0.5, 0.6) is 0 Å². The summed E-state index contributed by atoms with van der Waals surface area (Å²) in [6.07, 6.45) is 0. The summed E-state index contributed by atoms with van der Waals surface area (Å²) in [6.45, 7) is 0. The summed E-state index contributed by atoms with van der Waals surface area (Å²) in [5.41, 5.74) is 2.26. The van der Waals surface area contributed by atoms with Crippen LogP contribution >= 0.6 is 48.0 Å². The van der Waals surface area contributed by atoms with Crippen LogP contribution in [0.4, 0.5) is 0 Å². The van der Waals surface area contributed by atoms with Gasteiger partial charge in [-0.1, -0.05) is 85.1 Å². The molecule has 102 valence electrons. The Labute approximate surface area is 139 Å². The molecule has 2 rings (SSSR count). The highest BCUT2D eigenvalue weighted by Gasteiger charge is 2.03. The first-order valence-electron chi connectivity index (χ1n) is 6.22. The van der Waals surface area contributed by atoms with Gasteiger partial charge < -0.3 is 0 Å². The van der Waals surface area contributed by atoms with Crippen LogP contribution in [0, 0.1) is 0 Å². The second-order valence-corrected chi connectivity index (χ2v) is 7.55. The fourth-order valence-electron chi connectivity index (χ4n) is 1.58. The van der Waals surface area contributed by atoms with Crippen molar-refractivity contribution < 1.29 is 0 Å². The molecule has 0 spiro atoms. The fourth-order valence-corrected chi connectivity index (χ4v) is 4.00. The van der Waals surface area contributed by atoms with Crippen molar-refractivity contribution in [3.63, 3.8) is 0 Å². The zero-order chi connectivity index (χ0) is 14.2. The molecule has 0 heterocycles. The van der Waals surface area contributed by atoms with Crippen molar-refractivity contribution in [2.24, 2.45) is 0 Å². The Balaban J connectivity index is 1.72. The largest absolute Gasteiger partial charge is 0.113 e. The Morgan fingerprint density at radius 3 is 1.35 bits per heavy atom. The van der Waals surface area contributed by atoms with Crippen LogP contribution in [-0.4, -0.2) is 19.9 Å². The Morgan fingerprint density at radius 2 is 1.00 bits per heavy atom. The number of hydrogen-bond acceptors (Lipinski definition) is 4. The molecule has 0 aliphatic carbocycles. The fraction of sp³-hybridized carbons (Fsp3) is 0.125. The molecule has 0 aliphatic heterocycles. The first-order chi connectivity index (χ1) is 9.77. The normalized spacial score (nSPS) is 10.2. The first kappa shape index (κ1) is 15.7. The van der Waals surface area contributed by atoms with Gasteiger partial charge in [-0.3, -0.25) is 0 Å². The van der Waals surface area contributed by atoms with Gasteiger partial charge in [0, 0.05) is 11.5 Å². The minimum atomic E-state index is 0.955. The summed E-state index contributed by atoms with van der Waals surface area (Å²) in [7, 11) is 0. The topological polar surface area (TPSA) is 0 Å². The van der Waals surface area contributed by atoms with Crippen molar-refractivity contribution in [2.75, 3.05) is 11.5 Å². The van der Waals surface area contributed by atoms with Crippen molar-refractivity contribution in [1.82, 2.24) is 0 Å². The minimum Gasteiger partial charge on any atom is -0.113 e. The number of hydrogen-bond donors (Lipinski definition) is 0. The molecule has 20 heavy (non-hydrogen) atoms. The summed E-state index contributed by atoms with van der Waals surface area (Å²) >= 11 is 14.3. The van der Waals surface area contributed by atoms with E-state index < -0.39 is 0 Å². The number of rotatable bonds is 5. The van der Waals surface area contributed by atoms with E-state index in [1.807, 2.05) is 36.4 Å². The molecule has 0 aliphatic rings. The van der Waals surface area contributed by atoms with Crippen LogP contribution < -0.4 is 0 Å². The van der Waals surface area contributed by atoms with Gasteiger partial charge in [0.1, 0.15) is 0 Å². The van der Waals surface area contributed by atoms with Crippen LogP contribution in [0.1, 0.15) is 11.1 Å². The van der Waals surface area contributed by atoms with Gasteiger partial charge in [-0.15, -0.1) is 23.5 Å². The van der Waals surface area contributed by atoms with Crippen LogP contribution in [0.25, 0.3) is 0 Å². The van der Waals surface area contributed by atoms with E-state index in [9.17, 15) is 0 Å². The smallest absolute Gasteiger partial charge is 0.0778 e. The molecule has 0 aromatic heterocycles. The second-order valence-electron chi connectivity index (χ2n) is 4.00. The van der Waals surface area contributed by atoms with Crippen LogP contribution in [0.2, 0.25) is 0 Å². The molecule has 0 atom stereocenters. The van der Waals surface area contributed by atoms with E-state index in [4.69, 9.17) is 24.4 Å².